The first-order valence-corrected chi connectivity index (χ1v) is 9.05. The molecule has 1 fully saturated rings. The van der Waals surface area contributed by atoms with E-state index < -0.39 is 0 Å². The molecule has 1 aliphatic heterocycles. The van der Waals surface area contributed by atoms with Crippen LogP contribution in [0.5, 0.6) is 0 Å². The summed E-state index contributed by atoms with van der Waals surface area (Å²) in [6.45, 7) is 5.35. The van der Waals surface area contributed by atoms with Crippen LogP contribution in [0.3, 0.4) is 0 Å². The summed E-state index contributed by atoms with van der Waals surface area (Å²) < 4.78 is 0. The third-order valence-corrected chi connectivity index (χ3v) is 4.50. The minimum Gasteiger partial charge on any atom is -0.354 e. The van der Waals surface area contributed by atoms with Gasteiger partial charge in [0.2, 0.25) is 5.91 Å². The normalized spacial score (nSPS) is 15.5. The quantitative estimate of drug-likeness (QED) is 0.668. The van der Waals surface area contributed by atoms with Gasteiger partial charge in [-0.1, -0.05) is 18.9 Å². The number of unbranched alkanes of at least 4 members (excludes halogenated alkanes) is 3. The van der Waals surface area contributed by atoms with Crippen LogP contribution in [-0.2, 0) is 11.3 Å². The molecule has 3 N–H and O–H groups in total. The molecule has 0 radical (unpaired) electrons. The Morgan fingerprint density at radius 2 is 1.96 bits per heavy atom. The average Bonchev–Trinajstić information content (AvgIpc) is 2.61. The highest BCUT2D eigenvalue weighted by Crippen LogP contribution is 2.18. The molecular weight excluding hydrogens is 302 g/mol. The van der Waals surface area contributed by atoms with Crippen LogP contribution in [0, 0.1) is 0 Å². The number of nitrogens with zero attached hydrogens (tertiary/aromatic N) is 3. The maximum atomic E-state index is 12.0. The topological polar surface area (TPSA) is 74.5 Å². The van der Waals surface area contributed by atoms with E-state index in [-0.39, 0.29) is 5.91 Å². The third kappa shape index (κ3) is 6.09. The zero-order chi connectivity index (χ0) is 17.2. The van der Waals surface area contributed by atoms with Gasteiger partial charge in [0.05, 0.1) is 0 Å². The van der Waals surface area contributed by atoms with Gasteiger partial charge in [-0.15, -0.1) is 0 Å². The predicted molar refractivity (Wildman–Crippen MR) is 97.9 cm³/mol. The molecule has 0 aliphatic carbocycles. The monoisotopic (exact) mass is 333 g/mol. The van der Waals surface area contributed by atoms with Crippen molar-refractivity contribution in [2.24, 2.45) is 5.73 Å². The fourth-order valence-corrected chi connectivity index (χ4v) is 2.94. The first kappa shape index (κ1) is 18.7. The van der Waals surface area contributed by atoms with Crippen LogP contribution in [0.1, 0.15) is 37.7 Å². The average molecular weight is 333 g/mol. The van der Waals surface area contributed by atoms with Crippen LogP contribution >= 0.6 is 0 Å². The molecule has 1 amide bonds. The first-order valence-electron chi connectivity index (χ1n) is 9.05. The van der Waals surface area contributed by atoms with E-state index in [1.54, 1.807) is 0 Å². The van der Waals surface area contributed by atoms with Gasteiger partial charge in [-0.2, -0.15) is 0 Å². The Morgan fingerprint density at radius 3 is 2.71 bits per heavy atom. The van der Waals surface area contributed by atoms with Gasteiger partial charge in [-0.25, -0.2) is 4.98 Å². The lowest BCUT2D eigenvalue weighted by molar-refractivity contribution is -0.121. The molecular formula is C18H31N5O. The highest BCUT2D eigenvalue weighted by Gasteiger charge is 2.18. The third-order valence-electron chi connectivity index (χ3n) is 4.50. The fraction of sp³-hybridized carbons (Fsp3) is 0.667. The van der Waals surface area contributed by atoms with Crippen molar-refractivity contribution in [3.05, 3.63) is 23.9 Å². The number of aromatic nitrogens is 1. The second-order valence-electron chi connectivity index (χ2n) is 6.51. The Kier molecular flexibility index (Phi) is 7.98. The minimum absolute atomic E-state index is 0.121. The van der Waals surface area contributed by atoms with Crippen LogP contribution in [0.15, 0.2) is 18.3 Å². The fourth-order valence-electron chi connectivity index (χ4n) is 2.94. The molecule has 0 bridgehead atoms. The maximum absolute atomic E-state index is 12.0. The van der Waals surface area contributed by atoms with E-state index in [9.17, 15) is 4.79 Å². The number of anilines is 1. The van der Waals surface area contributed by atoms with E-state index in [4.69, 9.17) is 5.73 Å². The van der Waals surface area contributed by atoms with Gasteiger partial charge in [0, 0.05) is 50.9 Å². The molecule has 134 valence electrons. The molecule has 6 nitrogen and oxygen atoms in total. The molecule has 0 unspecified atom stereocenters. The molecule has 0 atom stereocenters. The number of hydrogen-bond acceptors (Lipinski definition) is 5. The maximum Gasteiger partial charge on any atom is 0.220 e. The summed E-state index contributed by atoms with van der Waals surface area (Å²) in [7, 11) is 2.14. The standard InChI is InChI=1S/C18H31N5O/c1-22-11-13-23(14-12-22)18-16(7-6-10-20-18)15-21-17(24)8-4-2-3-5-9-19/h6-7,10H,2-5,8-9,11-15,19H2,1H3,(H,21,24). The number of nitrogens with two attached hydrogens (primary N) is 1. The van der Waals surface area contributed by atoms with Crippen LogP contribution < -0.4 is 16.0 Å². The number of likely N-dealkylation sites (N-methyl/N-ethyl adjacent to an activating group) is 1. The second kappa shape index (κ2) is 10.3. The van der Waals surface area contributed by atoms with Gasteiger partial charge in [0.15, 0.2) is 0 Å². The van der Waals surface area contributed by atoms with Gasteiger partial charge < -0.3 is 20.9 Å². The van der Waals surface area contributed by atoms with Crippen molar-refractivity contribution in [1.82, 2.24) is 15.2 Å². The summed E-state index contributed by atoms with van der Waals surface area (Å²) in [6.07, 6.45) is 6.59. The summed E-state index contributed by atoms with van der Waals surface area (Å²) in [6, 6.07) is 4.00. The van der Waals surface area contributed by atoms with E-state index in [0.29, 0.717) is 13.0 Å². The van der Waals surface area contributed by atoms with E-state index in [2.05, 4.69) is 33.2 Å². The Bertz CT molecular complexity index is 500. The van der Waals surface area contributed by atoms with Crippen molar-refractivity contribution in [3.8, 4) is 0 Å². The minimum atomic E-state index is 0.121. The van der Waals surface area contributed by atoms with Gasteiger partial charge >= 0.3 is 0 Å². The number of pyridine rings is 1. The number of hydrogen-bond donors (Lipinski definition) is 2. The Labute approximate surface area is 145 Å². The molecule has 1 saturated heterocycles. The van der Waals surface area contributed by atoms with Crippen molar-refractivity contribution in [3.63, 3.8) is 0 Å². The lowest BCUT2D eigenvalue weighted by atomic mass is 10.1. The predicted octanol–water partition coefficient (Wildman–Crippen LogP) is 1.36. The van der Waals surface area contributed by atoms with E-state index >= 15 is 0 Å². The second-order valence-corrected chi connectivity index (χ2v) is 6.51. The van der Waals surface area contributed by atoms with Crippen molar-refractivity contribution < 1.29 is 4.79 Å². The van der Waals surface area contributed by atoms with Gasteiger partial charge in [0.25, 0.3) is 0 Å². The van der Waals surface area contributed by atoms with E-state index in [0.717, 1.165) is 69.8 Å². The number of nitrogens with one attached hydrogen (secondary N) is 1. The highest BCUT2D eigenvalue weighted by atomic mass is 16.1. The van der Waals surface area contributed by atoms with Crippen LogP contribution in [0.25, 0.3) is 0 Å². The number of rotatable bonds is 9. The summed E-state index contributed by atoms with van der Waals surface area (Å²) in [5.74, 6) is 1.13. The molecule has 24 heavy (non-hydrogen) atoms. The number of carbonyl (C=O) groups is 1. The number of carbonyl (C=O) groups excluding carboxylic acids is 1. The lowest BCUT2D eigenvalue weighted by Gasteiger charge is -2.34. The summed E-state index contributed by atoms with van der Waals surface area (Å²) in [5.41, 5.74) is 6.57. The highest BCUT2D eigenvalue weighted by molar-refractivity contribution is 5.76. The summed E-state index contributed by atoms with van der Waals surface area (Å²) in [5, 5.41) is 3.04. The molecule has 2 heterocycles. The van der Waals surface area contributed by atoms with E-state index in [1.807, 2.05) is 12.3 Å². The summed E-state index contributed by atoms with van der Waals surface area (Å²) >= 11 is 0. The molecule has 0 spiro atoms. The van der Waals surface area contributed by atoms with Crippen molar-refractivity contribution >= 4 is 11.7 Å². The van der Waals surface area contributed by atoms with E-state index in [1.165, 1.54) is 0 Å². The molecule has 1 aromatic rings. The van der Waals surface area contributed by atoms with Gasteiger partial charge in [-0.05, 0) is 32.5 Å². The molecule has 0 aromatic carbocycles. The SMILES string of the molecule is CN1CCN(c2ncccc2CNC(=O)CCCCCCN)CC1. The molecule has 0 saturated carbocycles. The zero-order valence-corrected chi connectivity index (χ0v) is 14.8. The van der Waals surface area contributed by atoms with Crippen molar-refractivity contribution in [2.45, 2.75) is 38.6 Å². The Hall–Kier alpha value is -1.66. The Balaban J connectivity index is 1.79. The largest absolute Gasteiger partial charge is 0.354 e. The molecule has 6 heteroatoms. The van der Waals surface area contributed by atoms with Crippen LogP contribution in [0.2, 0.25) is 0 Å². The van der Waals surface area contributed by atoms with Gasteiger partial charge in [-0.3, -0.25) is 4.79 Å². The molecule has 2 rings (SSSR count). The van der Waals surface area contributed by atoms with Crippen molar-refractivity contribution in [2.75, 3.05) is 44.7 Å². The lowest BCUT2D eigenvalue weighted by Crippen LogP contribution is -2.45. The first-order chi connectivity index (χ1) is 11.7. The van der Waals surface area contributed by atoms with Crippen molar-refractivity contribution in [1.29, 1.82) is 0 Å². The Morgan fingerprint density at radius 1 is 1.21 bits per heavy atom. The molecule has 1 aliphatic rings. The summed E-state index contributed by atoms with van der Waals surface area (Å²) in [4.78, 5) is 21.2. The zero-order valence-electron chi connectivity index (χ0n) is 14.8. The van der Waals surface area contributed by atoms with Crippen LogP contribution in [0.4, 0.5) is 5.82 Å². The van der Waals surface area contributed by atoms with Crippen LogP contribution in [-0.4, -0.2) is 55.6 Å². The number of amides is 1. The molecule has 1 aromatic heterocycles. The van der Waals surface area contributed by atoms with Gasteiger partial charge in [0.1, 0.15) is 5.82 Å². The smallest absolute Gasteiger partial charge is 0.220 e. The number of piperazine rings is 1.